The van der Waals surface area contributed by atoms with Gasteiger partial charge in [-0.2, -0.15) is 15.0 Å². The molecule has 6 unspecified atom stereocenters. The molecule has 0 aliphatic carbocycles. The number of methoxy groups -OCH3 is 2. The fourth-order valence-electron chi connectivity index (χ4n) is 4.17. The number of urea groups is 3. The van der Waals surface area contributed by atoms with Crippen LogP contribution in [0.5, 0.6) is 0 Å². The van der Waals surface area contributed by atoms with Gasteiger partial charge < -0.3 is 35.0 Å². The second kappa shape index (κ2) is 10.4. The Balaban J connectivity index is 1.82. The number of hydrogen-bond acceptors (Lipinski definition) is 10. The molecule has 0 bridgehead atoms. The van der Waals surface area contributed by atoms with Crippen molar-refractivity contribution in [1.82, 2.24) is 29.8 Å². The molecule has 3 aliphatic rings. The summed E-state index contributed by atoms with van der Waals surface area (Å²) in [4.78, 5) is 40.9. The molecule has 0 aromatic carbocycles. The lowest BCUT2D eigenvalue weighted by molar-refractivity contribution is -0.150. The Labute approximate surface area is 195 Å². The van der Waals surface area contributed by atoms with Gasteiger partial charge in [-0.05, 0) is 19.8 Å². The minimum absolute atomic E-state index is 0.00471. The lowest BCUT2D eigenvalue weighted by atomic mass is 10.3. The maximum atomic E-state index is 13.3. The smallest absolute Gasteiger partial charge is 0.361 e. The summed E-state index contributed by atoms with van der Waals surface area (Å²) in [6.07, 6.45) is -8.14. The molecule has 194 valence electrons. The third-order valence-corrected chi connectivity index (χ3v) is 5.98. The minimum Gasteiger partial charge on any atom is -0.385 e. The molecule has 0 aromatic heterocycles. The molecule has 16 nitrogen and oxygen atoms in total. The van der Waals surface area contributed by atoms with Gasteiger partial charge in [0.05, 0.1) is 6.04 Å². The third-order valence-electron chi connectivity index (χ3n) is 5.98. The van der Waals surface area contributed by atoms with Crippen LogP contribution in [-0.4, -0.2) is 151 Å². The van der Waals surface area contributed by atoms with Crippen molar-refractivity contribution in [2.45, 2.75) is 56.9 Å². The highest BCUT2D eigenvalue weighted by Gasteiger charge is 2.59. The first kappa shape index (κ1) is 26.1. The number of aliphatic hydroxyl groups is 5. The molecular formula is C18H32N6O10. The summed E-state index contributed by atoms with van der Waals surface area (Å²) in [5.41, 5.74) is 0. The Morgan fingerprint density at radius 1 is 0.618 bits per heavy atom. The molecule has 3 fully saturated rings. The van der Waals surface area contributed by atoms with Gasteiger partial charge in [-0.25, -0.2) is 19.4 Å². The van der Waals surface area contributed by atoms with Gasteiger partial charge in [-0.1, -0.05) is 0 Å². The summed E-state index contributed by atoms with van der Waals surface area (Å²) in [5, 5.41) is 54.7. The number of amides is 6. The summed E-state index contributed by atoms with van der Waals surface area (Å²) in [5.74, 6) is 0. The number of aliphatic hydroxyl groups excluding tert-OH is 5. The number of nitrogens with zero attached hydrogens (tertiary/aromatic N) is 6. The zero-order valence-corrected chi connectivity index (χ0v) is 19.2. The van der Waals surface area contributed by atoms with Gasteiger partial charge >= 0.3 is 18.1 Å². The molecule has 34 heavy (non-hydrogen) atoms. The maximum Gasteiger partial charge on any atom is 0.361 e. The molecule has 0 aromatic rings. The van der Waals surface area contributed by atoms with Crippen LogP contribution in [0, 0.1) is 0 Å². The van der Waals surface area contributed by atoms with Crippen molar-refractivity contribution in [2.75, 3.05) is 40.5 Å². The molecule has 0 spiro atoms. The molecular weight excluding hydrogens is 460 g/mol. The van der Waals surface area contributed by atoms with Crippen LogP contribution in [0.15, 0.2) is 0 Å². The van der Waals surface area contributed by atoms with Crippen LogP contribution in [0.2, 0.25) is 0 Å². The van der Waals surface area contributed by atoms with E-state index in [0.717, 1.165) is 9.80 Å². The van der Waals surface area contributed by atoms with Gasteiger partial charge in [0.15, 0.2) is 31.1 Å². The zero-order valence-electron chi connectivity index (χ0n) is 19.2. The summed E-state index contributed by atoms with van der Waals surface area (Å²) < 4.78 is 9.83. The lowest BCUT2D eigenvalue weighted by Gasteiger charge is -2.32. The van der Waals surface area contributed by atoms with Crippen LogP contribution in [0.25, 0.3) is 0 Å². The average Bonchev–Trinajstić information content (AvgIpc) is 3.24. The fraction of sp³-hybridized carbons (Fsp3) is 0.833. The van der Waals surface area contributed by atoms with E-state index in [-0.39, 0.29) is 26.3 Å². The molecule has 6 amide bonds. The molecule has 16 heteroatoms. The van der Waals surface area contributed by atoms with Crippen LogP contribution >= 0.6 is 0 Å². The molecule has 0 saturated carbocycles. The van der Waals surface area contributed by atoms with Crippen LogP contribution in [0.3, 0.4) is 0 Å². The van der Waals surface area contributed by atoms with E-state index in [2.05, 4.69) is 0 Å². The van der Waals surface area contributed by atoms with Gasteiger partial charge in [0.1, 0.15) is 0 Å². The van der Waals surface area contributed by atoms with Crippen LogP contribution < -0.4 is 0 Å². The Bertz CT molecular complexity index is 716. The first-order chi connectivity index (χ1) is 16.1. The van der Waals surface area contributed by atoms with Gasteiger partial charge in [0.2, 0.25) is 0 Å². The highest BCUT2D eigenvalue weighted by Crippen LogP contribution is 2.34. The highest BCUT2D eigenvalue weighted by atomic mass is 16.5. The molecule has 3 heterocycles. The van der Waals surface area contributed by atoms with Gasteiger partial charge in [-0.3, -0.25) is 9.80 Å². The van der Waals surface area contributed by atoms with E-state index in [0.29, 0.717) is 32.9 Å². The maximum absolute atomic E-state index is 13.3. The van der Waals surface area contributed by atoms with Crippen molar-refractivity contribution in [3.63, 3.8) is 0 Å². The van der Waals surface area contributed by atoms with E-state index >= 15 is 0 Å². The number of hydrazine groups is 2. The predicted octanol–water partition coefficient (Wildman–Crippen LogP) is -2.92. The van der Waals surface area contributed by atoms with E-state index in [1.807, 2.05) is 0 Å². The summed E-state index contributed by atoms with van der Waals surface area (Å²) in [6, 6.07) is -4.17. The lowest BCUT2D eigenvalue weighted by Crippen LogP contribution is -2.56. The first-order valence-corrected chi connectivity index (χ1v) is 10.8. The molecule has 5 N–H and O–H groups in total. The molecule has 3 rings (SSSR count). The van der Waals surface area contributed by atoms with E-state index in [9.17, 15) is 39.9 Å². The second-order valence-corrected chi connectivity index (χ2v) is 8.11. The number of carbonyl (C=O) groups is 3. The first-order valence-electron chi connectivity index (χ1n) is 10.8. The van der Waals surface area contributed by atoms with Crippen molar-refractivity contribution in [3.8, 4) is 0 Å². The van der Waals surface area contributed by atoms with E-state index in [1.165, 1.54) is 21.1 Å². The van der Waals surface area contributed by atoms with Crippen LogP contribution in [0.1, 0.15) is 19.8 Å². The average molecular weight is 492 g/mol. The van der Waals surface area contributed by atoms with Gasteiger partial charge in [0, 0.05) is 40.5 Å². The number of hydrogen-bond donors (Lipinski definition) is 5. The molecule has 0 radical (unpaired) electrons. The van der Waals surface area contributed by atoms with Crippen molar-refractivity contribution < 1.29 is 49.4 Å². The Hall–Kier alpha value is -2.47. The second-order valence-electron chi connectivity index (χ2n) is 8.11. The van der Waals surface area contributed by atoms with E-state index in [1.54, 1.807) is 0 Å². The summed E-state index contributed by atoms with van der Waals surface area (Å²) >= 11 is 0. The number of carbonyl (C=O) groups excluding carboxylic acids is 3. The summed E-state index contributed by atoms with van der Waals surface area (Å²) in [6.45, 7) is 1.94. The van der Waals surface area contributed by atoms with E-state index < -0.39 is 55.3 Å². The van der Waals surface area contributed by atoms with Crippen molar-refractivity contribution in [2.24, 2.45) is 0 Å². The van der Waals surface area contributed by atoms with Crippen LogP contribution in [0.4, 0.5) is 14.4 Å². The normalized spacial score (nSPS) is 32.3. The van der Waals surface area contributed by atoms with Crippen LogP contribution in [-0.2, 0) is 9.47 Å². The standard InChI is InChI=1S/C18H32N6O10/c1-10-11(25)22(24-15(29)13(27)20(17(24)31)7-5-9-34-3)18(32)21(10)23-14(28)12(26)19(16(23)30)6-4-8-33-2/h10-15,25-29H,4-9H2,1-3H3. The van der Waals surface area contributed by atoms with E-state index in [4.69, 9.17) is 9.47 Å². The largest absolute Gasteiger partial charge is 0.385 e. The fourth-order valence-corrected chi connectivity index (χ4v) is 4.17. The van der Waals surface area contributed by atoms with Gasteiger partial charge in [0.25, 0.3) is 0 Å². The topological polar surface area (TPSA) is 190 Å². The Morgan fingerprint density at radius 2 is 1.00 bits per heavy atom. The number of ether oxygens (including phenoxy) is 2. The zero-order chi connectivity index (χ0) is 25.3. The number of rotatable bonds is 10. The Kier molecular flexibility index (Phi) is 8.02. The molecule has 3 saturated heterocycles. The SMILES string of the molecule is COCCCN1C(=O)N(N2C(=O)N(N3C(=O)N(CCCOC)C(O)C3O)C(O)C2C)C(O)C1O. The molecule has 3 aliphatic heterocycles. The highest BCUT2D eigenvalue weighted by molar-refractivity contribution is 5.86. The molecule has 6 atom stereocenters. The Morgan fingerprint density at radius 3 is 1.41 bits per heavy atom. The van der Waals surface area contributed by atoms with Crippen molar-refractivity contribution in [1.29, 1.82) is 0 Å². The predicted molar refractivity (Wildman–Crippen MR) is 109 cm³/mol. The summed E-state index contributed by atoms with van der Waals surface area (Å²) in [7, 11) is 2.93. The van der Waals surface area contributed by atoms with Crippen molar-refractivity contribution >= 4 is 18.1 Å². The third kappa shape index (κ3) is 4.21. The minimum atomic E-state index is -1.89. The quantitative estimate of drug-likeness (QED) is 0.198. The van der Waals surface area contributed by atoms with Gasteiger partial charge in [-0.15, -0.1) is 0 Å². The van der Waals surface area contributed by atoms with Crippen molar-refractivity contribution in [3.05, 3.63) is 0 Å². The monoisotopic (exact) mass is 492 g/mol.